The average Bonchev–Trinajstić information content (AvgIpc) is 3.13. The summed E-state index contributed by atoms with van der Waals surface area (Å²) in [4.78, 5) is 3.57. The summed E-state index contributed by atoms with van der Waals surface area (Å²) in [6.45, 7) is 11.3. The van der Waals surface area contributed by atoms with Gasteiger partial charge in [0.15, 0.2) is 17.3 Å². The molecule has 4 heteroatoms. The van der Waals surface area contributed by atoms with E-state index in [1.165, 1.54) is 0 Å². The highest BCUT2D eigenvalue weighted by atomic mass is 15.3. The second-order valence-electron chi connectivity index (χ2n) is 6.45. The SMILES string of the molecule is [C-]#[N+]c1cc(C)c(-c2nnc(-c3ccccc3)n2-c2ccccc2)c(C)c1. The molecule has 0 bridgehead atoms. The van der Waals surface area contributed by atoms with Gasteiger partial charge in [0.1, 0.15) is 0 Å². The Morgan fingerprint density at radius 1 is 0.778 bits per heavy atom. The highest BCUT2D eigenvalue weighted by molar-refractivity contribution is 5.73. The van der Waals surface area contributed by atoms with Crippen molar-refractivity contribution in [1.82, 2.24) is 14.8 Å². The summed E-state index contributed by atoms with van der Waals surface area (Å²) in [7, 11) is 0. The van der Waals surface area contributed by atoms with Crippen molar-refractivity contribution in [1.29, 1.82) is 0 Å². The maximum Gasteiger partial charge on any atom is 0.187 e. The molecule has 0 fully saturated rings. The largest absolute Gasteiger partial charge is 0.275 e. The van der Waals surface area contributed by atoms with E-state index in [9.17, 15) is 0 Å². The lowest BCUT2D eigenvalue weighted by molar-refractivity contribution is 1.07. The molecule has 3 aromatic carbocycles. The fourth-order valence-corrected chi connectivity index (χ4v) is 3.40. The van der Waals surface area contributed by atoms with Crippen molar-refractivity contribution in [3.63, 3.8) is 0 Å². The van der Waals surface area contributed by atoms with Crippen molar-refractivity contribution >= 4 is 5.69 Å². The zero-order chi connectivity index (χ0) is 18.8. The minimum atomic E-state index is 0.641. The Kier molecular flexibility index (Phi) is 4.27. The molecule has 0 N–H and O–H groups in total. The van der Waals surface area contributed by atoms with Crippen molar-refractivity contribution in [2.75, 3.05) is 0 Å². The molecule has 0 aliphatic carbocycles. The van der Waals surface area contributed by atoms with Gasteiger partial charge in [-0.3, -0.25) is 4.57 Å². The first-order valence-corrected chi connectivity index (χ1v) is 8.74. The molecule has 4 aromatic rings. The zero-order valence-electron chi connectivity index (χ0n) is 15.2. The minimum Gasteiger partial charge on any atom is -0.275 e. The van der Waals surface area contributed by atoms with Crippen molar-refractivity contribution in [3.8, 4) is 28.5 Å². The Labute approximate surface area is 158 Å². The van der Waals surface area contributed by atoms with Gasteiger partial charge in [0.2, 0.25) is 0 Å². The molecule has 0 spiro atoms. The zero-order valence-corrected chi connectivity index (χ0v) is 15.2. The summed E-state index contributed by atoms with van der Waals surface area (Å²) in [6, 6.07) is 24.0. The third kappa shape index (κ3) is 3.00. The van der Waals surface area contributed by atoms with Crippen molar-refractivity contribution in [2.45, 2.75) is 13.8 Å². The van der Waals surface area contributed by atoms with Crippen LogP contribution < -0.4 is 0 Å². The molecule has 4 rings (SSSR count). The average molecular weight is 350 g/mol. The van der Waals surface area contributed by atoms with Gasteiger partial charge in [-0.1, -0.05) is 71.8 Å². The van der Waals surface area contributed by atoms with Crippen LogP contribution in [0.15, 0.2) is 72.8 Å². The Morgan fingerprint density at radius 2 is 1.33 bits per heavy atom. The maximum absolute atomic E-state index is 7.30. The predicted octanol–water partition coefficient (Wildman–Crippen LogP) is 5.77. The van der Waals surface area contributed by atoms with E-state index < -0.39 is 0 Å². The number of aromatic nitrogens is 3. The van der Waals surface area contributed by atoms with E-state index in [-0.39, 0.29) is 0 Å². The standard InChI is InChI=1S/C23H18N4/c1-16-14-19(24-3)15-17(2)21(16)23-26-25-22(18-10-6-4-7-11-18)27(23)20-12-8-5-9-13-20/h4-15H,1-2H3. The van der Waals surface area contributed by atoms with Gasteiger partial charge in [-0.15, -0.1) is 10.2 Å². The molecule has 0 amide bonds. The number of aryl methyl sites for hydroxylation is 2. The van der Waals surface area contributed by atoms with Crippen LogP contribution in [0.4, 0.5) is 5.69 Å². The fraction of sp³-hybridized carbons (Fsp3) is 0.0870. The monoisotopic (exact) mass is 350 g/mol. The molecule has 27 heavy (non-hydrogen) atoms. The van der Waals surface area contributed by atoms with Crippen molar-refractivity contribution < 1.29 is 0 Å². The first-order valence-electron chi connectivity index (χ1n) is 8.74. The van der Waals surface area contributed by atoms with Crippen LogP contribution >= 0.6 is 0 Å². The first-order chi connectivity index (χ1) is 13.2. The van der Waals surface area contributed by atoms with Gasteiger partial charge in [0, 0.05) is 16.8 Å². The first kappa shape index (κ1) is 16.7. The van der Waals surface area contributed by atoms with Gasteiger partial charge >= 0.3 is 0 Å². The van der Waals surface area contributed by atoms with E-state index in [0.717, 1.165) is 39.6 Å². The number of para-hydroxylation sites is 1. The normalized spacial score (nSPS) is 10.6. The number of nitrogens with zero attached hydrogens (tertiary/aromatic N) is 4. The van der Waals surface area contributed by atoms with Gasteiger partial charge < -0.3 is 0 Å². The molecule has 0 saturated heterocycles. The number of rotatable bonds is 3. The molecule has 130 valence electrons. The second-order valence-corrected chi connectivity index (χ2v) is 6.45. The summed E-state index contributed by atoms with van der Waals surface area (Å²) < 4.78 is 2.09. The van der Waals surface area contributed by atoms with Crippen LogP contribution in [0.25, 0.3) is 33.3 Å². The lowest BCUT2D eigenvalue weighted by Crippen LogP contribution is -2.02. The maximum atomic E-state index is 7.30. The number of hydrogen-bond donors (Lipinski definition) is 0. The summed E-state index contributed by atoms with van der Waals surface area (Å²) >= 11 is 0. The van der Waals surface area contributed by atoms with Crippen LogP contribution in [0.1, 0.15) is 11.1 Å². The summed E-state index contributed by atoms with van der Waals surface area (Å²) in [6.07, 6.45) is 0. The fourth-order valence-electron chi connectivity index (χ4n) is 3.40. The Bertz CT molecular complexity index is 1110. The third-order valence-electron chi connectivity index (χ3n) is 4.58. The van der Waals surface area contributed by atoms with Crippen LogP contribution in [0, 0.1) is 20.4 Å². The quantitative estimate of drug-likeness (QED) is 0.440. The Balaban J connectivity index is 2.01. The summed E-state index contributed by atoms with van der Waals surface area (Å²) in [5.74, 6) is 1.58. The molecule has 0 unspecified atom stereocenters. The van der Waals surface area contributed by atoms with Crippen molar-refractivity contribution in [3.05, 3.63) is 95.3 Å². The Hall–Kier alpha value is -3.71. The lowest BCUT2D eigenvalue weighted by atomic mass is 10.0. The molecule has 1 aromatic heterocycles. The molecule has 1 heterocycles. The van der Waals surface area contributed by atoms with E-state index in [1.807, 2.05) is 74.5 Å². The van der Waals surface area contributed by atoms with E-state index in [1.54, 1.807) is 0 Å². The third-order valence-corrected chi connectivity index (χ3v) is 4.58. The molecule has 0 radical (unpaired) electrons. The lowest BCUT2D eigenvalue weighted by Gasteiger charge is -2.14. The highest BCUT2D eigenvalue weighted by Crippen LogP contribution is 2.34. The molecule has 0 atom stereocenters. The highest BCUT2D eigenvalue weighted by Gasteiger charge is 2.20. The molecule has 0 aliphatic rings. The summed E-state index contributed by atoms with van der Waals surface area (Å²) in [5, 5.41) is 9.07. The topological polar surface area (TPSA) is 35.1 Å². The predicted molar refractivity (Wildman–Crippen MR) is 108 cm³/mol. The van der Waals surface area contributed by atoms with E-state index >= 15 is 0 Å². The molecule has 0 saturated carbocycles. The number of hydrogen-bond acceptors (Lipinski definition) is 2. The van der Waals surface area contributed by atoms with Crippen LogP contribution in [0.3, 0.4) is 0 Å². The van der Waals surface area contributed by atoms with Crippen LogP contribution in [0.2, 0.25) is 0 Å². The van der Waals surface area contributed by atoms with Crippen LogP contribution in [0.5, 0.6) is 0 Å². The van der Waals surface area contributed by atoms with Crippen LogP contribution in [-0.2, 0) is 0 Å². The van der Waals surface area contributed by atoms with E-state index in [0.29, 0.717) is 5.69 Å². The molecular weight excluding hydrogens is 332 g/mol. The van der Waals surface area contributed by atoms with Gasteiger partial charge in [0.05, 0.1) is 6.57 Å². The van der Waals surface area contributed by atoms with Crippen LogP contribution in [-0.4, -0.2) is 14.8 Å². The van der Waals surface area contributed by atoms with Gasteiger partial charge in [-0.2, -0.15) is 0 Å². The van der Waals surface area contributed by atoms with Gasteiger partial charge in [-0.25, -0.2) is 4.85 Å². The Morgan fingerprint density at radius 3 is 1.93 bits per heavy atom. The van der Waals surface area contributed by atoms with Gasteiger partial charge in [0.25, 0.3) is 0 Å². The smallest absolute Gasteiger partial charge is 0.187 e. The second kappa shape index (κ2) is 6.89. The molecule has 0 aliphatic heterocycles. The molecule has 4 nitrogen and oxygen atoms in total. The van der Waals surface area contributed by atoms with Crippen molar-refractivity contribution in [2.24, 2.45) is 0 Å². The minimum absolute atomic E-state index is 0.641. The number of benzene rings is 3. The van der Waals surface area contributed by atoms with Gasteiger partial charge in [-0.05, 0) is 26.0 Å². The molecular formula is C23H18N4. The van der Waals surface area contributed by atoms with E-state index in [2.05, 4.69) is 31.7 Å². The van der Waals surface area contributed by atoms with E-state index in [4.69, 9.17) is 6.57 Å². The summed E-state index contributed by atoms with van der Waals surface area (Å²) in [5.41, 5.74) is 5.71.